The van der Waals surface area contributed by atoms with Gasteiger partial charge in [-0.3, -0.25) is 24.0 Å². The lowest BCUT2D eigenvalue weighted by atomic mass is 10.1. The summed E-state index contributed by atoms with van der Waals surface area (Å²) in [7, 11) is 0. The lowest BCUT2D eigenvalue weighted by molar-refractivity contribution is -0.143. The summed E-state index contributed by atoms with van der Waals surface area (Å²) in [5, 5.41) is 27.7. The molecule has 0 radical (unpaired) electrons. The van der Waals surface area contributed by atoms with Crippen LogP contribution in [0.5, 0.6) is 5.88 Å². The lowest BCUT2D eigenvalue weighted by Gasteiger charge is -2.35. The van der Waals surface area contributed by atoms with Crippen molar-refractivity contribution in [2.75, 3.05) is 52.6 Å². The highest BCUT2D eigenvalue weighted by atomic mass is 19.1. The minimum absolute atomic E-state index is 0.0109. The SMILES string of the molecule is O=C(O)C[C@H](NC(=O)c1cc(OCC(=O)N2CCC[C@H]2C(=O)NCCF)n(-c2ccccc2)n1)C(=O)N1CCN(C(=O)O)CC1. The molecule has 2 fully saturated rings. The number of halogens is 1. The van der Waals surface area contributed by atoms with Crippen molar-refractivity contribution >= 4 is 35.7 Å². The molecule has 45 heavy (non-hydrogen) atoms. The number of carbonyl (C=O) groups is 6. The Bertz CT molecular complexity index is 1410. The molecule has 2 aliphatic heterocycles. The first-order valence-electron chi connectivity index (χ1n) is 14.3. The van der Waals surface area contributed by atoms with Crippen LogP contribution in [0, 0.1) is 0 Å². The molecular weight excluding hydrogens is 597 g/mol. The number of hydrogen-bond donors (Lipinski definition) is 4. The summed E-state index contributed by atoms with van der Waals surface area (Å²) in [4.78, 5) is 78.4. The van der Waals surface area contributed by atoms with Crippen LogP contribution in [-0.2, 0) is 19.2 Å². The highest BCUT2D eigenvalue weighted by molar-refractivity contribution is 5.97. The van der Waals surface area contributed by atoms with Crippen molar-refractivity contribution in [1.29, 1.82) is 0 Å². The summed E-state index contributed by atoms with van der Waals surface area (Å²) in [6.07, 6.45) is -0.860. The van der Waals surface area contributed by atoms with E-state index in [4.69, 9.17) is 9.84 Å². The molecule has 0 spiro atoms. The number of carboxylic acid groups (broad SMARTS) is 2. The number of alkyl halides is 1. The maximum Gasteiger partial charge on any atom is 0.407 e. The molecule has 2 atom stereocenters. The van der Waals surface area contributed by atoms with Gasteiger partial charge in [-0.2, -0.15) is 5.10 Å². The standard InChI is InChI=1S/C28H34FN7O9/c29-8-9-30-26(41)21-7-4-10-35(21)22(37)17-45-23-15-19(32-36(23)18-5-2-1-3-6-18)25(40)31-20(16-24(38)39)27(42)33-11-13-34(14-12-33)28(43)44/h1-3,5-6,15,20-21H,4,7-14,16-17H2,(H,30,41)(H,31,40)(H,38,39)(H,43,44)/t20-,21-/m0/s1. The van der Waals surface area contributed by atoms with Crippen molar-refractivity contribution in [1.82, 2.24) is 35.1 Å². The van der Waals surface area contributed by atoms with Crippen LogP contribution in [-0.4, -0.2) is 135 Å². The van der Waals surface area contributed by atoms with E-state index in [1.807, 2.05) is 0 Å². The lowest BCUT2D eigenvalue weighted by Crippen LogP contribution is -2.56. The Morgan fingerprint density at radius 2 is 1.69 bits per heavy atom. The molecule has 5 amide bonds. The second-order valence-corrected chi connectivity index (χ2v) is 10.3. The van der Waals surface area contributed by atoms with Gasteiger partial charge < -0.3 is 40.3 Å². The Labute approximate surface area is 256 Å². The quantitative estimate of drug-likeness (QED) is 0.241. The number of piperazine rings is 1. The Balaban J connectivity index is 1.49. The van der Waals surface area contributed by atoms with E-state index in [0.29, 0.717) is 25.1 Å². The van der Waals surface area contributed by atoms with Gasteiger partial charge in [0, 0.05) is 45.3 Å². The van der Waals surface area contributed by atoms with Gasteiger partial charge in [0.25, 0.3) is 11.8 Å². The summed E-state index contributed by atoms with van der Waals surface area (Å²) in [5.74, 6) is -3.88. The molecule has 3 heterocycles. The van der Waals surface area contributed by atoms with Crippen molar-refractivity contribution in [2.24, 2.45) is 0 Å². The van der Waals surface area contributed by atoms with E-state index in [2.05, 4.69) is 15.7 Å². The van der Waals surface area contributed by atoms with Crippen LogP contribution in [0.15, 0.2) is 36.4 Å². The van der Waals surface area contributed by atoms with E-state index < -0.39 is 67.5 Å². The Morgan fingerprint density at radius 3 is 2.33 bits per heavy atom. The van der Waals surface area contributed by atoms with Crippen molar-refractivity contribution in [2.45, 2.75) is 31.3 Å². The third kappa shape index (κ3) is 8.24. The van der Waals surface area contributed by atoms with Gasteiger partial charge in [0.2, 0.25) is 17.7 Å². The molecule has 1 aromatic heterocycles. The first-order valence-corrected chi connectivity index (χ1v) is 14.3. The molecule has 0 saturated carbocycles. The van der Waals surface area contributed by atoms with E-state index in [9.17, 15) is 38.3 Å². The number of aromatic nitrogens is 2. The van der Waals surface area contributed by atoms with E-state index in [1.54, 1.807) is 30.3 Å². The number of nitrogens with zero attached hydrogens (tertiary/aromatic N) is 5. The number of para-hydroxylation sites is 1. The summed E-state index contributed by atoms with van der Waals surface area (Å²) in [6, 6.07) is 7.53. The second kappa shape index (κ2) is 15.0. The number of likely N-dealkylation sites (tertiary alicyclic amines) is 1. The van der Waals surface area contributed by atoms with Gasteiger partial charge in [-0.1, -0.05) is 18.2 Å². The third-order valence-corrected chi connectivity index (χ3v) is 7.37. The molecule has 2 aliphatic rings. The molecule has 242 valence electrons. The molecule has 4 N–H and O–H groups in total. The summed E-state index contributed by atoms with van der Waals surface area (Å²) in [5.41, 5.74) is 0.239. The fourth-order valence-corrected chi connectivity index (χ4v) is 5.12. The summed E-state index contributed by atoms with van der Waals surface area (Å²) in [6.45, 7) is -0.950. The number of ether oxygens (including phenoxy) is 1. The third-order valence-electron chi connectivity index (χ3n) is 7.37. The van der Waals surface area contributed by atoms with Crippen molar-refractivity contribution < 1.29 is 48.1 Å². The van der Waals surface area contributed by atoms with Crippen LogP contribution in [0.2, 0.25) is 0 Å². The Kier molecular flexibility index (Phi) is 10.9. The molecule has 1 aromatic carbocycles. The zero-order valence-corrected chi connectivity index (χ0v) is 24.3. The van der Waals surface area contributed by atoms with Gasteiger partial charge in [0.1, 0.15) is 18.8 Å². The fraction of sp³-hybridized carbons (Fsp3) is 0.464. The monoisotopic (exact) mass is 631 g/mol. The summed E-state index contributed by atoms with van der Waals surface area (Å²) < 4.78 is 19.5. The normalized spacial score (nSPS) is 17.0. The first-order chi connectivity index (χ1) is 21.6. The molecule has 2 aromatic rings. The van der Waals surface area contributed by atoms with E-state index >= 15 is 0 Å². The average Bonchev–Trinajstić information content (AvgIpc) is 3.70. The second-order valence-electron chi connectivity index (χ2n) is 10.3. The maximum absolute atomic E-state index is 13.3. The molecular formula is C28H34FN7O9. The van der Waals surface area contributed by atoms with Crippen LogP contribution in [0.3, 0.4) is 0 Å². The molecule has 17 heteroatoms. The molecule has 4 rings (SSSR count). The van der Waals surface area contributed by atoms with Crippen LogP contribution in [0.25, 0.3) is 5.69 Å². The van der Waals surface area contributed by atoms with Gasteiger partial charge >= 0.3 is 12.1 Å². The predicted molar refractivity (Wildman–Crippen MR) is 152 cm³/mol. The van der Waals surface area contributed by atoms with Gasteiger partial charge in [-0.05, 0) is 25.0 Å². The molecule has 0 unspecified atom stereocenters. The van der Waals surface area contributed by atoms with Crippen molar-refractivity contribution in [3.8, 4) is 11.6 Å². The van der Waals surface area contributed by atoms with Gasteiger partial charge in [-0.15, -0.1) is 0 Å². The van der Waals surface area contributed by atoms with Crippen LogP contribution < -0.4 is 15.4 Å². The number of carbonyl (C=O) groups excluding carboxylic acids is 4. The minimum Gasteiger partial charge on any atom is -0.481 e. The maximum atomic E-state index is 13.3. The van der Waals surface area contributed by atoms with Crippen LogP contribution in [0.4, 0.5) is 9.18 Å². The fourth-order valence-electron chi connectivity index (χ4n) is 5.12. The zero-order chi connectivity index (χ0) is 32.5. The van der Waals surface area contributed by atoms with Gasteiger partial charge in [0.05, 0.1) is 12.1 Å². The van der Waals surface area contributed by atoms with Gasteiger partial charge in [0.15, 0.2) is 12.3 Å². The topological polar surface area (TPSA) is 204 Å². The molecule has 0 bridgehead atoms. The highest BCUT2D eigenvalue weighted by Gasteiger charge is 2.35. The number of nitrogens with one attached hydrogen (secondary N) is 2. The number of rotatable bonds is 12. The van der Waals surface area contributed by atoms with Crippen LogP contribution >= 0.6 is 0 Å². The smallest absolute Gasteiger partial charge is 0.407 e. The van der Waals surface area contributed by atoms with E-state index in [0.717, 1.165) is 4.90 Å². The molecule has 2 saturated heterocycles. The van der Waals surface area contributed by atoms with Crippen molar-refractivity contribution in [3.05, 3.63) is 42.1 Å². The average molecular weight is 632 g/mol. The van der Waals surface area contributed by atoms with Crippen LogP contribution in [0.1, 0.15) is 29.8 Å². The Hall–Kier alpha value is -5.22. The zero-order valence-electron chi connectivity index (χ0n) is 24.3. The molecule has 16 nitrogen and oxygen atoms in total. The van der Waals surface area contributed by atoms with Gasteiger partial charge in [-0.25, -0.2) is 13.9 Å². The van der Waals surface area contributed by atoms with Crippen molar-refractivity contribution in [3.63, 3.8) is 0 Å². The highest BCUT2D eigenvalue weighted by Crippen LogP contribution is 2.22. The number of carboxylic acids is 1. The minimum atomic E-state index is -1.46. The summed E-state index contributed by atoms with van der Waals surface area (Å²) >= 11 is 0. The molecule has 0 aliphatic carbocycles. The first kappa shape index (κ1) is 32.7. The number of hydrogen-bond acceptors (Lipinski definition) is 8. The number of amides is 5. The van der Waals surface area contributed by atoms with E-state index in [-0.39, 0.29) is 44.3 Å². The number of aliphatic carboxylic acids is 1. The largest absolute Gasteiger partial charge is 0.481 e. The predicted octanol–water partition coefficient (Wildman–Crippen LogP) is -0.277. The number of benzene rings is 1. The Morgan fingerprint density at radius 1 is 1.00 bits per heavy atom. The van der Waals surface area contributed by atoms with E-state index in [1.165, 1.54) is 20.5 Å².